The minimum Gasteiger partial charge on any atom is -0.493 e. The summed E-state index contributed by atoms with van der Waals surface area (Å²) in [6.07, 6.45) is 2.70. The summed E-state index contributed by atoms with van der Waals surface area (Å²) in [5.74, 6) is 3.05. The number of hydrogen-bond acceptors (Lipinski definition) is 5. The van der Waals surface area contributed by atoms with Gasteiger partial charge in [-0.1, -0.05) is 0 Å². The van der Waals surface area contributed by atoms with Crippen LogP contribution >= 0.6 is 0 Å². The molecule has 1 aliphatic rings. The first kappa shape index (κ1) is 19.8. The van der Waals surface area contributed by atoms with E-state index in [2.05, 4.69) is 32.3 Å². The third kappa shape index (κ3) is 4.47. The van der Waals surface area contributed by atoms with Crippen molar-refractivity contribution >= 4 is 5.96 Å². The minimum atomic E-state index is 0.604. The SMILES string of the molecule is CCOc1cc(CNC(=NC)N2CCc3cc(OC)c(OC)cc3C2)ccn1. The maximum atomic E-state index is 5.47. The standard InChI is InChI=1S/C21H28N4O3/c1-5-28-20-10-15(6-8-23-20)13-24-21(22-2)25-9-7-16-11-18(26-3)19(27-4)12-17(16)14-25/h6,8,10-12H,5,7,9,13-14H2,1-4H3,(H,22,24). The van der Waals surface area contributed by atoms with E-state index in [0.29, 0.717) is 19.0 Å². The number of fused-ring (bicyclic) bond motifs is 1. The van der Waals surface area contributed by atoms with Crippen molar-refractivity contribution in [2.24, 2.45) is 4.99 Å². The molecule has 28 heavy (non-hydrogen) atoms. The van der Waals surface area contributed by atoms with Crippen LogP contribution in [0.2, 0.25) is 0 Å². The maximum absolute atomic E-state index is 5.47. The van der Waals surface area contributed by atoms with E-state index in [0.717, 1.165) is 42.5 Å². The van der Waals surface area contributed by atoms with Gasteiger partial charge in [-0.15, -0.1) is 0 Å². The fraction of sp³-hybridized carbons (Fsp3) is 0.429. The number of hydrogen-bond donors (Lipinski definition) is 1. The molecule has 0 saturated heterocycles. The maximum Gasteiger partial charge on any atom is 0.213 e. The Labute approximate surface area is 166 Å². The van der Waals surface area contributed by atoms with E-state index < -0.39 is 0 Å². The lowest BCUT2D eigenvalue weighted by Gasteiger charge is -2.32. The first-order valence-corrected chi connectivity index (χ1v) is 9.45. The van der Waals surface area contributed by atoms with Crippen LogP contribution in [0.4, 0.5) is 0 Å². The fourth-order valence-electron chi connectivity index (χ4n) is 3.36. The molecule has 0 atom stereocenters. The minimum absolute atomic E-state index is 0.604. The van der Waals surface area contributed by atoms with Gasteiger partial charge in [0, 0.05) is 38.9 Å². The van der Waals surface area contributed by atoms with E-state index >= 15 is 0 Å². The van der Waals surface area contributed by atoms with Crippen molar-refractivity contribution in [1.82, 2.24) is 15.2 Å². The summed E-state index contributed by atoms with van der Waals surface area (Å²) in [6.45, 7) is 4.88. The number of guanidine groups is 1. The molecule has 7 nitrogen and oxygen atoms in total. The fourth-order valence-corrected chi connectivity index (χ4v) is 3.36. The van der Waals surface area contributed by atoms with Crippen LogP contribution in [0.3, 0.4) is 0 Å². The summed E-state index contributed by atoms with van der Waals surface area (Å²) in [6, 6.07) is 8.07. The molecular weight excluding hydrogens is 356 g/mol. The Balaban J connectivity index is 1.68. The van der Waals surface area contributed by atoms with E-state index in [1.807, 2.05) is 26.1 Å². The van der Waals surface area contributed by atoms with Gasteiger partial charge in [-0.05, 0) is 48.2 Å². The van der Waals surface area contributed by atoms with Crippen molar-refractivity contribution in [1.29, 1.82) is 0 Å². The summed E-state index contributed by atoms with van der Waals surface area (Å²) < 4.78 is 16.3. The Morgan fingerprint density at radius 2 is 1.93 bits per heavy atom. The molecule has 0 fully saturated rings. The van der Waals surface area contributed by atoms with Crippen molar-refractivity contribution in [2.75, 3.05) is 34.4 Å². The van der Waals surface area contributed by atoms with Gasteiger partial charge in [0.05, 0.1) is 20.8 Å². The number of methoxy groups -OCH3 is 2. The Bertz CT molecular complexity index is 838. The summed E-state index contributed by atoms with van der Waals surface area (Å²) in [7, 11) is 5.14. The Morgan fingerprint density at radius 3 is 2.61 bits per heavy atom. The highest BCUT2D eigenvalue weighted by Crippen LogP contribution is 2.33. The number of benzene rings is 1. The summed E-state index contributed by atoms with van der Waals surface area (Å²) in [5.41, 5.74) is 3.62. The van der Waals surface area contributed by atoms with Gasteiger partial charge in [0.1, 0.15) is 0 Å². The topological polar surface area (TPSA) is 68.2 Å². The van der Waals surface area contributed by atoms with Gasteiger partial charge < -0.3 is 24.4 Å². The number of pyridine rings is 1. The molecule has 0 bridgehead atoms. The Morgan fingerprint density at radius 1 is 1.18 bits per heavy atom. The Kier molecular flexibility index (Phi) is 6.57. The lowest BCUT2D eigenvalue weighted by Crippen LogP contribution is -2.43. The predicted molar refractivity (Wildman–Crippen MR) is 109 cm³/mol. The molecule has 3 rings (SSSR count). The molecule has 0 radical (unpaired) electrons. The molecule has 7 heteroatoms. The second-order valence-corrected chi connectivity index (χ2v) is 6.48. The first-order valence-electron chi connectivity index (χ1n) is 9.45. The molecule has 1 aromatic carbocycles. The lowest BCUT2D eigenvalue weighted by molar-refractivity contribution is 0.326. The van der Waals surface area contributed by atoms with Crippen LogP contribution in [0.25, 0.3) is 0 Å². The van der Waals surface area contributed by atoms with Crippen molar-refractivity contribution in [3.63, 3.8) is 0 Å². The van der Waals surface area contributed by atoms with E-state index in [4.69, 9.17) is 14.2 Å². The molecule has 1 aliphatic heterocycles. The number of nitrogens with one attached hydrogen (secondary N) is 1. The van der Waals surface area contributed by atoms with Gasteiger partial charge >= 0.3 is 0 Å². The zero-order valence-electron chi connectivity index (χ0n) is 17.0. The van der Waals surface area contributed by atoms with E-state index in [1.54, 1.807) is 20.4 Å². The van der Waals surface area contributed by atoms with Gasteiger partial charge in [-0.2, -0.15) is 0 Å². The largest absolute Gasteiger partial charge is 0.493 e. The smallest absolute Gasteiger partial charge is 0.213 e. The van der Waals surface area contributed by atoms with Crippen molar-refractivity contribution in [3.05, 3.63) is 47.2 Å². The molecule has 0 saturated carbocycles. The third-order valence-electron chi connectivity index (χ3n) is 4.77. The van der Waals surface area contributed by atoms with Crippen LogP contribution in [-0.2, 0) is 19.5 Å². The van der Waals surface area contributed by atoms with Gasteiger partial charge in [0.2, 0.25) is 5.88 Å². The summed E-state index contributed by atoms with van der Waals surface area (Å²) in [5, 5.41) is 3.44. The number of nitrogens with zero attached hydrogens (tertiary/aromatic N) is 3. The number of aromatic nitrogens is 1. The third-order valence-corrected chi connectivity index (χ3v) is 4.77. The van der Waals surface area contributed by atoms with E-state index in [1.165, 1.54) is 11.1 Å². The first-order chi connectivity index (χ1) is 13.7. The summed E-state index contributed by atoms with van der Waals surface area (Å²) in [4.78, 5) is 10.9. The highest BCUT2D eigenvalue weighted by atomic mass is 16.5. The average Bonchev–Trinajstić information content (AvgIpc) is 2.73. The number of aliphatic imine (C=N–C) groups is 1. The molecular formula is C21H28N4O3. The number of rotatable bonds is 6. The molecule has 0 aliphatic carbocycles. The highest BCUT2D eigenvalue weighted by Gasteiger charge is 2.21. The molecule has 0 amide bonds. The molecule has 2 heterocycles. The van der Waals surface area contributed by atoms with E-state index in [-0.39, 0.29) is 0 Å². The predicted octanol–water partition coefficient (Wildman–Crippen LogP) is 2.63. The van der Waals surface area contributed by atoms with Gasteiger partial charge in [0.25, 0.3) is 0 Å². The summed E-state index contributed by atoms with van der Waals surface area (Å²) >= 11 is 0. The van der Waals surface area contributed by atoms with Crippen LogP contribution < -0.4 is 19.5 Å². The molecule has 150 valence electrons. The quantitative estimate of drug-likeness (QED) is 0.610. The van der Waals surface area contributed by atoms with Crippen LogP contribution in [0, 0.1) is 0 Å². The molecule has 1 N–H and O–H groups in total. The average molecular weight is 384 g/mol. The Hall–Kier alpha value is -2.96. The van der Waals surface area contributed by atoms with Crippen molar-refractivity contribution in [3.8, 4) is 17.4 Å². The van der Waals surface area contributed by atoms with Crippen LogP contribution in [-0.4, -0.2) is 50.3 Å². The molecule has 1 aromatic heterocycles. The highest BCUT2D eigenvalue weighted by molar-refractivity contribution is 5.80. The second-order valence-electron chi connectivity index (χ2n) is 6.48. The van der Waals surface area contributed by atoms with Crippen molar-refractivity contribution < 1.29 is 14.2 Å². The zero-order chi connectivity index (χ0) is 19.9. The van der Waals surface area contributed by atoms with Crippen molar-refractivity contribution in [2.45, 2.75) is 26.4 Å². The molecule has 2 aromatic rings. The monoisotopic (exact) mass is 384 g/mol. The number of ether oxygens (including phenoxy) is 3. The van der Waals surface area contributed by atoms with Crippen LogP contribution in [0.15, 0.2) is 35.5 Å². The van der Waals surface area contributed by atoms with E-state index in [9.17, 15) is 0 Å². The second kappa shape index (κ2) is 9.30. The van der Waals surface area contributed by atoms with Gasteiger partial charge in [0.15, 0.2) is 17.5 Å². The van der Waals surface area contributed by atoms with Crippen LogP contribution in [0.5, 0.6) is 17.4 Å². The van der Waals surface area contributed by atoms with Gasteiger partial charge in [-0.3, -0.25) is 4.99 Å². The lowest BCUT2D eigenvalue weighted by atomic mass is 9.99. The van der Waals surface area contributed by atoms with Gasteiger partial charge in [-0.25, -0.2) is 4.98 Å². The molecule has 0 unspecified atom stereocenters. The molecule has 0 spiro atoms. The normalized spacial score (nSPS) is 13.7. The zero-order valence-corrected chi connectivity index (χ0v) is 17.0. The van der Waals surface area contributed by atoms with Crippen LogP contribution in [0.1, 0.15) is 23.6 Å².